The minimum absolute atomic E-state index is 0.274. The molecule has 0 fully saturated rings. The number of nitrogens with one attached hydrogen (secondary N) is 1. The Labute approximate surface area is 142 Å². The molecule has 114 valence electrons. The molecule has 1 amide bonds. The summed E-state index contributed by atoms with van der Waals surface area (Å²) in [5, 5.41) is 4.11. The molecule has 0 radical (unpaired) electrons. The van der Waals surface area contributed by atoms with Crippen LogP contribution in [-0.4, -0.2) is 18.7 Å². The molecule has 5 nitrogen and oxygen atoms in total. The number of nitrogens with two attached hydrogens (primary N) is 1. The molecule has 0 heterocycles. The van der Waals surface area contributed by atoms with Gasteiger partial charge in [0.1, 0.15) is 5.75 Å². The van der Waals surface area contributed by atoms with Crippen LogP contribution in [-0.2, 0) is 0 Å². The van der Waals surface area contributed by atoms with Gasteiger partial charge in [-0.3, -0.25) is 4.79 Å². The van der Waals surface area contributed by atoms with Gasteiger partial charge in [-0.15, -0.1) is 0 Å². The molecule has 0 spiro atoms. The normalized spacial score (nSPS) is 11.1. The van der Waals surface area contributed by atoms with Gasteiger partial charge in [-0.2, -0.15) is 5.10 Å². The summed E-state index contributed by atoms with van der Waals surface area (Å²) in [6.07, 6.45) is 0. The summed E-state index contributed by atoms with van der Waals surface area (Å²) >= 11 is 2.12. The van der Waals surface area contributed by atoms with Gasteiger partial charge in [-0.1, -0.05) is 12.1 Å². The number of hydrogen-bond donors (Lipinski definition) is 2. The molecule has 0 saturated heterocycles. The van der Waals surface area contributed by atoms with Crippen molar-refractivity contribution in [2.75, 3.05) is 12.8 Å². The molecule has 2 aromatic carbocycles. The molecular formula is C16H16IN3O2. The maximum Gasteiger partial charge on any atom is 0.271 e. The van der Waals surface area contributed by atoms with Crippen molar-refractivity contribution in [2.24, 2.45) is 5.10 Å². The minimum atomic E-state index is -0.274. The van der Waals surface area contributed by atoms with E-state index in [0.717, 1.165) is 14.9 Å². The number of carbonyl (C=O) groups is 1. The summed E-state index contributed by atoms with van der Waals surface area (Å²) in [4.78, 5) is 12.1. The number of amides is 1. The summed E-state index contributed by atoms with van der Waals surface area (Å²) in [6, 6.07) is 12.5. The van der Waals surface area contributed by atoms with Crippen LogP contribution in [0.5, 0.6) is 5.75 Å². The van der Waals surface area contributed by atoms with E-state index in [9.17, 15) is 4.79 Å². The second-order valence-electron chi connectivity index (χ2n) is 4.61. The monoisotopic (exact) mass is 409 g/mol. The van der Waals surface area contributed by atoms with Crippen LogP contribution < -0.4 is 15.9 Å². The summed E-state index contributed by atoms with van der Waals surface area (Å²) in [5.74, 6) is 0.459. The zero-order valence-corrected chi connectivity index (χ0v) is 14.4. The van der Waals surface area contributed by atoms with Crippen LogP contribution in [0.15, 0.2) is 47.6 Å². The number of methoxy groups -OCH3 is 1. The first-order valence-electron chi connectivity index (χ1n) is 6.55. The van der Waals surface area contributed by atoms with Crippen molar-refractivity contribution in [1.82, 2.24) is 5.43 Å². The van der Waals surface area contributed by atoms with Gasteiger partial charge in [-0.25, -0.2) is 5.43 Å². The third-order valence-corrected chi connectivity index (χ3v) is 3.89. The molecule has 0 aliphatic heterocycles. The molecular weight excluding hydrogens is 393 g/mol. The second-order valence-corrected chi connectivity index (χ2v) is 5.78. The Morgan fingerprint density at radius 1 is 1.23 bits per heavy atom. The Hall–Kier alpha value is -2.09. The van der Waals surface area contributed by atoms with Crippen LogP contribution in [0.1, 0.15) is 22.8 Å². The maximum absolute atomic E-state index is 12.1. The fourth-order valence-corrected chi connectivity index (χ4v) is 2.57. The number of ether oxygens (including phenoxy) is 1. The number of benzene rings is 2. The highest BCUT2D eigenvalue weighted by molar-refractivity contribution is 14.1. The number of hydrogen-bond acceptors (Lipinski definition) is 4. The third kappa shape index (κ3) is 3.97. The predicted molar refractivity (Wildman–Crippen MR) is 96.2 cm³/mol. The summed E-state index contributed by atoms with van der Waals surface area (Å²) in [6.45, 7) is 1.81. The SMILES string of the molecule is COc1ccc(C(=O)NN=C(C)c2cccc(N)c2)cc1I. The Morgan fingerprint density at radius 2 is 2.00 bits per heavy atom. The fourth-order valence-electron chi connectivity index (χ4n) is 1.84. The van der Waals surface area contributed by atoms with Crippen LogP contribution in [0, 0.1) is 3.57 Å². The van der Waals surface area contributed by atoms with Crippen LogP contribution in [0.25, 0.3) is 0 Å². The van der Waals surface area contributed by atoms with Crippen molar-refractivity contribution in [2.45, 2.75) is 6.92 Å². The van der Waals surface area contributed by atoms with Gasteiger partial charge in [0.05, 0.1) is 16.4 Å². The number of nitrogens with zero attached hydrogens (tertiary/aromatic N) is 1. The van der Waals surface area contributed by atoms with E-state index in [2.05, 4.69) is 33.1 Å². The van der Waals surface area contributed by atoms with E-state index in [4.69, 9.17) is 10.5 Å². The summed E-state index contributed by atoms with van der Waals surface area (Å²) < 4.78 is 6.03. The fraction of sp³-hybridized carbons (Fsp3) is 0.125. The van der Waals surface area contributed by atoms with Crippen molar-refractivity contribution in [1.29, 1.82) is 0 Å². The number of carbonyl (C=O) groups excluding carboxylic acids is 1. The van der Waals surface area contributed by atoms with Gasteiger partial charge in [0.25, 0.3) is 5.91 Å². The molecule has 0 atom stereocenters. The van der Waals surface area contributed by atoms with Gasteiger partial charge < -0.3 is 10.5 Å². The minimum Gasteiger partial charge on any atom is -0.496 e. The standard InChI is InChI=1S/C16H16IN3O2/c1-10(11-4-3-5-13(18)8-11)19-20-16(21)12-6-7-15(22-2)14(17)9-12/h3-9H,18H2,1-2H3,(H,20,21). The van der Waals surface area contributed by atoms with E-state index in [1.54, 1.807) is 37.4 Å². The van der Waals surface area contributed by atoms with Crippen molar-refractivity contribution in [3.05, 3.63) is 57.2 Å². The molecule has 3 N–H and O–H groups in total. The lowest BCUT2D eigenvalue weighted by atomic mass is 10.1. The van der Waals surface area contributed by atoms with Gasteiger partial charge in [0, 0.05) is 11.3 Å². The molecule has 0 bridgehead atoms. The molecule has 0 aliphatic carbocycles. The van der Waals surface area contributed by atoms with Crippen LogP contribution in [0.3, 0.4) is 0 Å². The van der Waals surface area contributed by atoms with E-state index >= 15 is 0 Å². The molecule has 22 heavy (non-hydrogen) atoms. The summed E-state index contributed by atoms with van der Waals surface area (Å²) in [5.41, 5.74) is 11.0. The van der Waals surface area contributed by atoms with Crippen LogP contribution in [0.2, 0.25) is 0 Å². The highest BCUT2D eigenvalue weighted by atomic mass is 127. The van der Waals surface area contributed by atoms with Crippen LogP contribution in [0.4, 0.5) is 5.69 Å². The first-order valence-corrected chi connectivity index (χ1v) is 7.63. The lowest BCUT2D eigenvalue weighted by molar-refractivity contribution is 0.0954. The molecule has 0 unspecified atom stereocenters. The predicted octanol–water partition coefficient (Wildman–Crippen LogP) is 3.04. The molecule has 6 heteroatoms. The lowest BCUT2D eigenvalue weighted by Gasteiger charge is -2.06. The highest BCUT2D eigenvalue weighted by Gasteiger charge is 2.08. The van der Waals surface area contributed by atoms with Crippen molar-refractivity contribution < 1.29 is 9.53 Å². The molecule has 2 aromatic rings. The van der Waals surface area contributed by atoms with Gasteiger partial charge >= 0.3 is 0 Å². The van der Waals surface area contributed by atoms with Crippen molar-refractivity contribution in [3.8, 4) is 5.75 Å². The van der Waals surface area contributed by atoms with Gasteiger partial charge in [-0.05, 0) is 65.4 Å². The van der Waals surface area contributed by atoms with E-state index in [1.807, 2.05) is 19.1 Å². The Balaban J connectivity index is 2.12. The molecule has 0 aliphatic rings. The smallest absolute Gasteiger partial charge is 0.271 e. The zero-order chi connectivity index (χ0) is 16.1. The van der Waals surface area contributed by atoms with E-state index in [1.165, 1.54) is 0 Å². The topological polar surface area (TPSA) is 76.7 Å². The quantitative estimate of drug-likeness (QED) is 0.353. The Kier molecular flexibility index (Phi) is 5.37. The van der Waals surface area contributed by atoms with Crippen molar-refractivity contribution >= 4 is 39.9 Å². The number of anilines is 1. The number of nitrogen functional groups attached to an aromatic ring is 1. The average Bonchev–Trinajstić information content (AvgIpc) is 2.52. The largest absolute Gasteiger partial charge is 0.496 e. The van der Waals surface area contributed by atoms with Crippen LogP contribution >= 0.6 is 22.6 Å². The number of rotatable bonds is 4. The first kappa shape index (κ1) is 16.3. The third-order valence-electron chi connectivity index (χ3n) is 3.04. The highest BCUT2D eigenvalue weighted by Crippen LogP contribution is 2.21. The van der Waals surface area contributed by atoms with Crippen molar-refractivity contribution in [3.63, 3.8) is 0 Å². The van der Waals surface area contributed by atoms with E-state index < -0.39 is 0 Å². The maximum atomic E-state index is 12.1. The van der Waals surface area contributed by atoms with E-state index in [-0.39, 0.29) is 5.91 Å². The first-order chi connectivity index (χ1) is 10.5. The van der Waals surface area contributed by atoms with E-state index in [0.29, 0.717) is 17.0 Å². The van der Waals surface area contributed by atoms with Gasteiger partial charge in [0.15, 0.2) is 0 Å². The Bertz CT molecular complexity index is 729. The molecule has 0 saturated carbocycles. The Morgan fingerprint density at radius 3 is 2.64 bits per heavy atom. The number of halogens is 1. The second kappa shape index (κ2) is 7.26. The lowest BCUT2D eigenvalue weighted by Crippen LogP contribution is -2.19. The zero-order valence-electron chi connectivity index (χ0n) is 12.3. The van der Waals surface area contributed by atoms with Gasteiger partial charge in [0.2, 0.25) is 0 Å². The summed E-state index contributed by atoms with van der Waals surface area (Å²) in [7, 11) is 1.59. The molecule has 0 aromatic heterocycles. The molecule has 2 rings (SSSR count). The number of hydrazone groups is 1. The average molecular weight is 409 g/mol.